The second-order valence-corrected chi connectivity index (χ2v) is 5.49. The number of nitriles is 1. The van der Waals surface area contributed by atoms with Crippen molar-refractivity contribution in [2.45, 2.75) is 19.9 Å². The van der Waals surface area contributed by atoms with Crippen LogP contribution in [0, 0.1) is 11.3 Å². The highest BCUT2D eigenvalue weighted by atomic mass is 16.2. The lowest BCUT2D eigenvalue weighted by molar-refractivity contribution is -0.127. The topological polar surface area (TPSA) is 47.3 Å². The maximum Gasteiger partial charge on any atom is 0.246 e. The van der Waals surface area contributed by atoms with Crippen molar-refractivity contribution >= 4 is 12.0 Å². The molecule has 0 radical (unpaired) electrons. The summed E-state index contributed by atoms with van der Waals surface area (Å²) in [6, 6.07) is 9.95. The standard InChI is InChI=1S/C17H21N3O/c1-14(2)19-9-11-20(12-10-19)17(21)8-7-15-5-3-4-6-16(15)13-18/h3-8,14H,9-12H2,1-2H3/b8-7+. The van der Waals surface area contributed by atoms with Crippen molar-refractivity contribution < 1.29 is 4.79 Å². The van der Waals surface area contributed by atoms with E-state index in [0.29, 0.717) is 11.6 Å². The fourth-order valence-corrected chi connectivity index (χ4v) is 2.47. The normalized spacial score (nSPS) is 16.4. The van der Waals surface area contributed by atoms with E-state index in [-0.39, 0.29) is 5.91 Å². The van der Waals surface area contributed by atoms with Crippen LogP contribution in [0.5, 0.6) is 0 Å². The number of benzene rings is 1. The minimum absolute atomic E-state index is 0.0196. The van der Waals surface area contributed by atoms with E-state index >= 15 is 0 Å². The van der Waals surface area contributed by atoms with Crippen molar-refractivity contribution in [3.63, 3.8) is 0 Å². The highest BCUT2D eigenvalue weighted by molar-refractivity contribution is 5.92. The predicted octanol–water partition coefficient (Wildman–Crippen LogP) is 2.12. The van der Waals surface area contributed by atoms with Gasteiger partial charge in [-0.15, -0.1) is 0 Å². The van der Waals surface area contributed by atoms with Crippen LogP contribution < -0.4 is 0 Å². The van der Waals surface area contributed by atoms with Gasteiger partial charge in [0.25, 0.3) is 0 Å². The summed E-state index contributed by atoms with van der Waals surface area (Å²) in [5, 5.41) is 9.03. The molecule has 0 aromatic heterocycles. The first-order chi connectivity index (χ1) is 10.1. The van der Waals surface area contributed by atoms with Crippen molar-refractivity contribution in [2.75, 3.05) is 26.2 Å². The lowest BCUT2D eigenvalue weighted by Crippen LogP contribution is -2.50. The Bertz CT molecular complexity index is 564. The fraction of sp³-hybridized carbons (Fsp3) is 0.412. The number of amides is 1. The summed E-state index contributed by atoms with van der Waals surface area (Å²) in [6.07, 6.45) is 3.30. The van der Waals surface area contributed by atoms with Gasteiger partial charge in [-0.25, -0.2) is 0 Å². The molecule has 4 nitrogen and oxygen atoms in total. The minimum Gasteiger partial charge on any atom is -0.337 e. The molecule has 1 aliphatic heterocycles. The van der Waals surface area contributed by atoms with Gasteiger partial charge in [-0.3, -0.25) is 9.69 Å². The maximum atomic E-state index is 12.2. The molecule has 4 heteroatoms. The van der Waals surface area contributed by atoms with Crippen molar-refractivity contribution in [3.8, 4) is 6.07 Å². The van der Waals surface area contributed by atoms with Gasteiger partial charge in [0.1, 0.15) is 0 Å². The predicted molar refractivity (Wildman–Crippen MR) is 83.5 cm³/mol. The van der Waals surface area contributed by atoms with Crippen molar-refractivity contribution in [2.24, 2.45) is 0 Å². The Balaban J connectivity index is 1.96. The van der Waals surface area contributed by atoms with E-state index in [9.17, 15) is 4.79 Å². The van der Waals surface area contributed by atoms with Crippen molar-refractivity contribution in [1.82, 2.24) is 9.80 Å². The van der Waals surface area contributed by atoms with Crippen LogP contribution in [0.15, 0.2) is 30.3 Å². The fourth-order valence-electron chi connectivity index (χ4n) is 2.47. The third kappa shape index (κ3) is 3.93. The molecule has 2 rings (SSSR count). The molecule has 1 fully saturated rings. The van der Waals surface area contributed by atoms with Crippen molar-refractivity contribution in [1.29, 1.82) is 5.26 Å². The van der Waals surface area contributed by atoms with Crippen LogP contribution in [0.1, 0.15) is 25.0 Å². The van der Waals surface area contributed by atoms with Crippen LogP contribution in [-0.4, -0.2) is 47.9 Å². The zero-order valence-electron chi connectivity index (χ0n) is 12.6. The number of piperazine rings is 1. The Morgan fingerprint density at radius 3 is 2.52 bits per heavy atom. The molecule has 1 heterocycles. The lowest BCUT2D eigenvalue weighted by Gasteiger charge is -2.36. The summed E-state index contributed by atoms with van der Waals surface area (Å²) in [5.41, 5.74) is 1.38. The summed E-state index contributed by atoms with van der Waals surface area (Å²) in [7, 11) is 0. The van der Waals surface area contributed by atoms with Gasteiger partial charge in [0, 0.05) is 38.3 Å². The number of hydrogen-bond acceptors (Lipinski definition) is 3. The molecule has 0 aliphatic carbocycles. The number of carbonyl (C=O) groups excluding carboxylic acids is 1. The average molecular weight is 283 g/mol. The average Bonchev–Trinajstić information content (AvgIpc) is 2.52. The molecule has 0 unspecified atom stereocenters. The van der Waals surface area contributed by atoms with E-state index in [1.165, 1.54) is 0 Å². The summed E-state index contributed by atoms with van der Waals surface area (Å²) in [5.74, 6) is 0.0196. The molecule has 0 spiro atoms. The second-order valence-electron chi connectivity index (χ2n) is 5.49. The Labute approximate surface area is 126 Å². The molecule has 1 aromatic carbocycles. The van der Waals surface area contributed by atoms with E-state index in [1.54, 1.807) is 18.2 Å². The molecular formula is C17H21N3O. The maximum absolute atomic E-state index is 12.2. The molecule has 0 atom stereocenters. The van der Waals surface area contributed by atoms with Crippen LogP contribution in [-0.2, 0) is 4.79 Å². The summed E-state index contributed by atoms with van der Waals surface area (Å²) in [4.78, 5) is 16.4. The Morgan fingerprint density at radius 2 is 1.90 bits per heavy atom. The number of nitrogens with zero attached hydrogens (tertiary/aromatic N) is 3. The Morgan fingerprint density at radius 1 is 1.24 bits per heavy atom. The Kier molecular flexibility index (Phi) is 5.13. The van der Waals surface area contributed by atoms with Gasteiger partial charge in [-0.05, 0) is 31.6 Å². The summed E-state index contributed by atoms with van der Waals surface area (Å²) >= 11 is 0. The van der Waals surface area contributed by atoms with E-state index in [0.717, 1.165) is 31.7 Å². The monoisotopic (exact) mass is 283 g/mol. The van der Waals surface area contributed by atoms with Gasteiger partial charge in [0.05, 0.1) is 11.6 Å². The van der Waals surface area contributed by atoms with Gasteiger partial charge in [-0.1, -0.05) is 18.2 Å². The molecule has 0 bridgehead atoms. The molecular weight excluding hydrogens is 262 g/mol. The molecule has 1 aromatic rings. The third-order valence-electron chi connectivity index (χ3n) is 3.84. The van der Waals surface area contributed by atoms with Gasteiger partial charge in [0.2, 0.25) is 5.91 Å². The van der Waals surface area contributed by atoms with Gasteiger partial charge < -0.3 is 4.90 Å². The molecule has 0 saturated carbocycles. The molecule has 21 heavy (non-hydrogen) atoms. The van der Waals surface area contributed by atoms with E-state index in [1.807, 2.05) is 23.1 Å². The second kappa shape index (κ2) is 7.05. The van der Waals surface area contributed by atoms with E-state index in [4.69, 9.17) is 5.26 Å². The van der Waals surface area contributed by atoms with Crippen LogP contribution in [0.25, 0.3) is 6.08 Å². The third-order valence-corrected chi connectivity index (χ3v) is 3.84. The molecule has 110 valence electrons. The first-order valence-corrected chi connectivity index (χ1v) is 7.32. The van der Waals surface area contributed by atoms with Crippen LogP contribution >= 0.6 is 0 Å². The summed E-state index contributed by atoms with van der Waals surface area (Å²) in [6.45, 7) is 7.73. The number of hydrogen-bond donors (Lipinski definition) is 0. The van der Waals surface area contributed by atoms with Crippen LogP contribution in [0.3, 0.4) is 0 Å². The van der Waals surface area contributed by atoms with Crippen LogP contribution in [0.4, 0.5) is 0 Å². The number of rotatable bonds is 3. The highest BCUT2D eigenvalue weighted by Gasteiger charge is 2.20. The van der Waals surface area contributed by atoms with Crippen LogP contribution in [0.2, 0.25) is 0 Å². The zero-order chi connectivity index (χ0) is 15.2. The molecule has 1 aliphatic rings. The highest BCUT2D eigenvalue weighted by Crippen LogP contribution is 2.11. The quantitative estimate of drug-likeness (QED) is 0.798. The zero-order valence-corrected chi connectivity index (χ0v) is 12.6. The Hall–Kier alpha value is -2.12. The largest absolute Gasteiger partial charge is 0.337 e. The first kappa shape index (κ1) is 15.3. The first-order valence-electron chi connectivity index (χ1n) is 7.32. The molecule has 1 saturated heterocycles. The van der Waals surface area contributed by atoms with Gasteiger partial charge >= 0.3 is 0 Å². The van der Waals surface area contributed by atoms with Gasteiger partial charge in [0.15, 0.2) is 0 Å². The summed E-state index contributed by atoms with van der Waals surface area (Å²) < 4.78 is 0. The van der Waals surface area contributed by atoms with Crippen molar-refractivity contribution in [3.05, 3.63) is 41.5 Å². The molecule has 1 amide bonds. The van der Waals surface area contributed by atoms with E-state index < -0.39 is 0 Å². The SMILES string of the molecule is CC(C)N1CCN(C(=O)/C=C/c2ccccc2C#N)CC1. The molecule has 0 N–H and O–H groups in total. The minimum atomic E-state index is 0.0196. The van der Waals surface area contributed by atoms with Gasteiger partial charge in [-0.2, -0.15) is 5.26 Å². The smallest absolute Gasteiger partial charge is 0.246 e. The lowest BCUT2D eigenvalue weighted by atomic mass is 10.1. The number of carbonyl (C=O) groups is 1. The van der Waals surface area contributed by atoms with E-state index in [2.05, 4.69) is 24.8 Å².